The fraction of sp³-hybridized carbons (Fsp3) is 0.700. The Bertz CT molecular complexity index is 484. The zero-order valence-electron chi connectivity index (χ0n) is 14.9. The first-order valence-electron chi connectivity index (χ1n) is 9.08. The largest absolute Gasteiger partial charge is 0.463 e. The van der Waals surface area contributed by atoms with Gasteiger partial charge in [0.25, 0.3) is 0 Å². The van der Waals surface area contributed by atoms with Crippen molar-refractivity contribution in [2.45, 2.75) is 52.1 Å². The summed E-state index contributed by atoms with van der Waals surface area (Å²) in [5.74, 6) is 2.65. The lowest BCUT2D eigenvalue weighted by Gasteiger charge is -2.22. The van der Waals surface area contributed by atoms with Crippen LogP contribution >= 0.6 is 0 Å². The van der Waals surface area contributed by atoms with Crippen LogP contribution in [0, 0.1) is 29.6 Å². The van der Waals surface area contributed by atoms with Gasteiger partial charge in [-0.25, -0.2) is 9.59 Å². The summed E-state index contributed by atoms with van der Waals surface area (Å²) in [7, 11) is 0. The highest BCUT2D eigenvalue weighted by atomic mass is 16.5. The van der Waals surface area contributed by atoms with Crippen LogP contribution in [0.1, 0.15) is 46.0 Å². The molecule has 0 amide bonds. The number of carbonyl (C=O) groups is 2. The summed E-state index contributed by atoms with van der Waals surface area (Å²) in [6.45, 7) is 11.7. The Labute approximate surface area is 145 Å². The van der Waals surface area contributed by atoms with Gasteiger partial charge in [-0.1, -0.05) is 20.1 Å². The summed E-state index contributed by atoms with van der Waals surface area (Å²) in [6.07, 6.45) is 7.97. The fourth-order valence-corrected chi connectivity index (χ4v) is 4.79. The van der Waals surface area contributed by atoms with Crippen LogP contribution in [0.15, 0.2) is 25.3 Å². The molecule has 4 heteroatoms. The number of carbonyl (C=O) groups excluding carboxylic acids is 2. The number of hydrogen-bond donors (Lipinski definition) is 0. The molecule has 0 bridgehead atoms. The molecule has 2 saturated carbocycles. The minimum absolute atomic E-state index is 0.0394. The molecule has 24 heavy (non-hydrogen) atoms. The maximum atomic E-state index is 11.4. The lowest BCUT2D eigenvalue weighted by Crippen LogP contribution is -2.22. The van der Waals surface area contributed by atoms with E-state index in [4.69, 9.17) is 9.47 Å². The Morgan fingerprint density at radius 3 is 2.46 bits per heavy atom. The van der Waals surface area contributed by atoms with Crippen molar-refractivity contribution in [2.75, 3.05) is 6.61 Å². The summed E-state index contributed by atoms with van der Waals surface area (Å²) < 4.78 is 10.5. The van der Waals surface area contributed by atoms with E-state index in [-0.39, 0.29) is 18.0 Å². The van der Waals surface area contributed by atoms with Crippen LogP contribution in [0.5, 0.6) is 0 Å². The molecule has 0 saturated heterocycles. The van der Waals surface area contributed by atoms with Gasteiger partial charge in [-0.3, -0.25) is 0 Å². The lowest BCUT2D eigenvalue weighted by molar-refractivity contribution is -0.144. The van der Waals surface area contributed by atoms with Gasteiger partial charge >= 0.3 is 11.9 Å². The average Bonchev–Trinajstić information content (AvgIpc) is 3.12. The van der Waals surface area contributed by atoms with E-state index in [1.807, 2.05) is 6.92 Å². The van der Waals surface area contributed by atoms with E-state index < -0.39 is 0 Å². The fourth-order valence-electron chi connectivity index (χ4n) is 4.79. The van der Waals surface area contributed by atoms with Crippen molar-refractivity contribution < 1.29 is 19.1 Å². The average molecular weight is 334 g/mol. The highest BCUT2D eigenvalue weighted by Crippen LogP contribution is 2.55. The molecule has 0 spiro atoms. The lowest BCUT2D eigenvalue weighted by atomic mass is 9.87. The van der Waals surface area contributed by atoms with E-state index in [1.54, 1.807) is 0 Å². The van der Waals surface area contributed by atoms with E-state index in [1.165, 1.54) is 18.6 Å². The van der Waals surface area contributed by atoms with Crippen LogP contribution in [0.4, 0.5) is 0 Å². The van der Waals surface area contributed by atoms with Gasteiger partial charge < -0.3 is 9.47 Å². The predicted molar refractivity (Wildman–Crippen MR) is 93.1 cm³/mol. The van der Waals surface area contributed by atoms with Gasteiger partial charge in [-0.05, 0) is 68.6 Å². The van der Waals surface area contributed by atoms with Crippen LogP contribution < -0.4 is 0 Å². The van der Waals surface area contributed by atoms with Crippen LogP contribution in [-0.2, 0) is 19.1 Å². The number of fused-ring (bicyclic) bond motifs is 1. The third-order valence-electron chi connectivity index (χ3n) is 5.97. The third-order valence-corrected chi connectivity index (χ3v) is 5.97. The SMILES string of the molecule is C=CC(=O)OCCCC1CC(C)C2CC(C(C)OC(=O)C=C)CC12. The van der Waals surface area contributed by atoms with E-state index in [2.05, 4.69) is 20.1 Å². The highest BCUT2D eigenvalue weighted by molar-refractivity contribution is 5.81. The van der Waals surface area contributed by atoms with Gasteiger partial charge in [-0.15, -0.1) is 0 Å². The van der Waals surface area contributed by atoms with Gasteiger partial charge in [0, 0.05) is 12.2 Å². The molecule has 6 unspecified atom stereocenters. The molecule has 0 heterocycles. The van der Waals surface area contributed by atoms with Crippen LogP contribution in [0.2, 0.25) is 0 Å². The molecule has 0 N–H and O–H groups in total. The topological polar surface area (TPSA) is 52.6 Å². The minimum Gasteiger partial charge on any atom is -0.463 e. The second-order valence-corrected chi connectivity index (χ2v) is 7.39. The first-order chi connectivity index (χ1) is 11.5. The van der Waals surface area contributed by atoms with Crippen molar-refractivity contribution in [3.05, 3.63) is 25.3 Å². The molecule has 0 radical (unpaired) electrons. The number of rotatable bonds is 8. The quantitative estimate of drug-likeness (QED) is 0.384. The Balaban J connectivity index is 1.82. The molecular formula is C20H30O4. The molecule has 134 valence electrons. The number of esters is 2. The van der Waals surface area contributed by atoms with Crippen molar-refractivity contribution in [3.63, 3.8) is 0 Å². The zero-order chi connectivity index (χ0) is 17.7. The summed E-state index contributed by atoms with van der Waals surface area (Å²) >= 11 is 0. The van der Waals surface area contributed by atoms with Crippen molar-refractivity contribution in [1.29, 1.82) is 0 Å². The summed E-state index contributed by atoms with van der Waals surface area (Å²) in [6, 6.07) is 0. The van der Waals surface area contributed by atoms with Crippen molar-refractivity contribution in [3.8, 4) is 0 Å². The van der Waals surface area contributed by atoms with E-state index in [0.29, 0.717) is 24.4 Å². The Hall–Kier alpha value is -1.58. The standard InChI is InChI=1S/C20H30O4/c1-5-19(21)23-9-7-8-15-10-13(3)17-11-16(12-18(15)17)14(4)24-20(22)6-2/h5-6,13-18H,1-2,7-12H2,3-4H3. The predicted octanol–water partition coefficient (Wildman–Crippen LogP) is 3.91. The van der Waals surface area contributed by atoms with Crippen LogP contribution in [-0.4, -0.2) is 24.6 Å². The van der Waals surface area contributed by atoms with Gasteiger partial charge in [0.1, 0.15) is 6.10 Å². The van der Waals surface area contributed by atoms with Crippen molar-refractivity contribution in [1.82, 2.24) is 0 Å². The normalized spacial score (nSPS) is 32.7. The van der Waals surface area contributed by atoms with Gasteiger partial charge in [0.15, 0.2) is 0 Å². The maximum Gasteiger partial charge on any atom is 0.330 e. The smallest absolute Gasteiger partial charge is 0.330 e. The molecule has 0 aromatic carbocycles. The Morgan fingerprint density at radius 2 is 1.79 bits per heavy atom. The Kier molecular flexibility index (Phi) is 6.64. The zero-order valence-corrected chi connectivity index (χ0v) is 14.9. The van der Waals surface area contributed by atoms with Crippen LogP contribution in [0.3, 0.4) is 0 Å². The second kappa shape index (κ2) is 8.50. The summed E-state index contributed by atoms with van der Waals surface area (Å²) in [5.41, 5.74) is 0. The molecule has 2 fully saturated rings. The molecule has 4 nitrogen and oxygen atoms in total. The maximum absolute atomic E-state index is 11.4. The van der Waals surface area contributed by atoms with Crippen molar-refractivity contribution in [2.24, 2.45) is 29.6 Å². The van der Waals surface area contributed by atoms with Crippen LogP contribution in [0.25, 0.3) is 0 Å². The first-order valence-corrected chi connectivity index (χ1v) is 9.08. The third kappa shape index (κ3) is 4.49. The van der Waals surface area contributed by atoms with Gasteiger partial charge in [0.2, 0.25) is 0 Å². The highest BCUT2D eigenvalue weighted by Gasteiger charge is 2.48. The van der Waals surface area contributed by atoms with E-state index in [0.717, 1.165) is 37.5 Å². The van der Waals surface area contributed by atoms with Gasteiger partial charge in [0.05, 0.1) is 6.61 Å². The molecule has 2 aliphatic carbocycles. The number of ether oxygens (including phenoxy) is 2. The summed E-state index contributed by atoms with van der Waals surface area (Å²) in [4.78, 5) is 22.5. The molecule has 0 aromatic rings. The van der Waals surface area contributed by atoms with Crippen molar-refractivity contribution >= 4 is 11.9 Å². The van der Waals surface area contributed by atoms with E-state index >= 15 is 0 Å². The second-order valence-electron chi connectivity index (χ2n) is 7.39. The minimum atomic E-state index is -0.341. The molecule has 2 rings (SSSR count). The molecule has 2 aliphatic rings. The monoisotopic (exact) mass is 334 g/mol. The molecular weight excluding hydrogens is 304 g/mol. The number of hydrogen-bond acceptors (Lipinski definition) is 4. The molecule has 0 aromatic heterocycles. The van der Waals surface area contributed by atoms with Gasteiger partial charge in [-0.2, -0.15) is 0 Å². The molecule has 0 aliphatic heterocycles. The summed E-state index contributed by atoms with van der Waals surface area (Å²) in [5, 5.41) is 0. The first kappa shape index (κ1) is 18.8. The Morgan fingerprint density at radius 1 is 1.12 bits per heavy atom. The van der Waals surface area contributed by atoms with E-state index in [9.17, 15) is 9.59 Å². The molecule has 6 atom stereocenters.